The second-order valence-corrected chi connectivity index (χ2v) is 6.16. The van der Waals surface area contributed by atoms with E-state index < -0.39 is 0 Å². The lowest BCUT2D eigenvalue weighted by Crippen LogP contribution is -2.26. The molecule has 0 aliphatic carbocycles. The van der Waals surface area contributed by atoms with E-state index in [9.17, 15) is 0 Å². The summed E-state index contributed by atoms with van der Waals surface area (Å²) in [5.74, 6) is 0. The molecule has 20 heavy (non-hydrogen) atoms. The van der Waals surface area contributed by atoms with Gasteiger partial charge in [0.1, 0.15) is 0 Å². The van der Waals surface area contributed by atoms with Gasteiger partial charge in [0.05, 0.1) is 11.7 Å². The summed E-state index contributed by atoms with van der Waals surface area (Å²) in [7, 11) is 0. The van der Waals surface area contributed by atoms with Crippen LogP contribution in [0, 0.1) is 3.57 Å². The molecule has 1 aromatic heterocycles. The fourth-order valence-corrected chi connectivity index (χ4v) is 2.68. The van der Waals surface area contributed by atoms with E-state index in [1.807, 2.05) is 6.20 Å². The van der Waals surface area contributed by atoms with E-state index in [0.29, 0.717) is 0 Å². The van der Waals surface area contributed by atoms with E-state index in [-0.39, 0.29) is 6.04 Å². The Kier molecular flexibility index (Phi) is 6.04. The van der Waals surface area contributed by atoms with E-state index >= 15 is 0 Å². The van der Waals surface area contributed by atoms with Crippen LogP contribution in [-0.4, -0.2) is 16.3 Å². The third-order valence-electron chi connectivity index (χ3n) is 3.28. The predicted molar refractivity (Wildman–Crippen MR) is 91.8 cm³/mol. The molecule has 1 aromatic carbocycles. The molecule has 0 aliphatic rings. The molecule has 1 atom stereocenters. The molecule has 4 heteroatoms. The zero-order chi connectivity index (χ0) is 14.4. The smallest absolute Gasteiger partial charge is 0.0748 e. The predicted octanol–water partition coefficient (Wildman–Crippen LogP) is 3.99. The molecule has 1 heterocycles. The van der Waals surface area contributed by atoms with E-state index in [2.05, 4.69) is 81.9 Å². The van der Waals surface area contributed by atoms with Crippen molar-refractivity contribution in [2.75, 3.05) is 6.54 Å². The zero-order valence-corrected chi connectivity index (χ0v) is 14.3. The van der Waals surface area contributed by atoms with Crippen molar-refractivity contribution in [3.05, 3.63) is 51.4 Å². The van der Waals surface area contributed by atoms with Crippen LogP contribution in [0.25, 0.3) is 0 Å². The molecule has 1 N–H and O–H groups in total. The number of aryl methyl sites for hydroxylation is 1. The molecular weight excluding hydrogens is 361 g/mol. The van der Waals surface area contributed by atoms with E-state index in [1.165, 1.54) is 14.8 Å². The SMILES string of the molecule is CCCNC(c1ccc(I)cc1)c1ccnn1CCC. The largest absolute Gasteiger partial charge is 0.305 e. The molecule has 2 rings (SSSR count). The van der Waals surface area contributed by atoms with Gasteiger partial charge in [-0.3, -0.25) is 4.68 Å². The third-order valence-corrected chi connectivity index (χ3v) is 4.00. The maximum Gasteiger partial charge on any atom is 0.0748 e. The topological polar surface area (TPSA) is 29.9 Å². The van der Waals surface area contributed by atoms with Crippen LogP contribution in [0.15, 0.2) is 36.5 Å². The second kappa shape index (κ2) is 7.78. The maximum absolute atomic E-state index is 4.45. The Hall–Kier alpha value is -0.880. The normalized spacial score (nSPS) is 12.6. The van der Waals surface area contributed by atoms with Gasteiger partial charge in [-0.05, 0) is 65.7 Å². The van der Waals surface area contributed by atoms with Gasteiger partial charge in [0.15, 0.2) is 0 Å². The summed E-state index contributed by atoms with van der Waals surface area (Å²) in [6.07, 6.45) is 4.13. The number of hydrogen-bond acceptors (Lipinski definition) is 2. The van der Waals surface area contributed by atoms with Crippen LogP contribution in [-0.2, 0) is 6.54 Å². The van der Waals surface area contributed by atoms with Crippen molar-refractivity contribution in [1.29, 1.82) is 0 Å². The van der Waals surface area contributed by atoms with Crippen molar-refractivity contribution in [2.24, 2.45) is 0 Å². The Morgan fingerprint density at radius 2 is 1.90 bits per heavy atom. The van der Waals surface area contributed by atoms with Crippen LogP contribution in [0.5, 0.6) is 0 Å². The minimum atomic E-state index is 0.223. The lowest BCUT2D eigenvalue weighted by molar-refractivity contribution is 0.511. The lowest BCUT2D eigenvalue weighted by Gasteiger charge is -2.20. The highest BCUT2D eigenvalue weighted by atomic mass is 127. The highest BCUT2D eigenvalue weighted by molar-refractivity contribution is 14.1. The number of benzene rings is 1. The molecule has 3 nitrogen and oxygen atoms in total. The summed E-state index contributed by atoms with van der Waals surface area (Å²) < 4.78 is 3.38. The monoisotopic (exact) mass is 383 g/mol. The highest BCUT2D eigenvalue weighted by Crippen LogP contribution is 2.23. The van der Waals surface area contributed by atoms with Crippen LogP contribution in [0.4, 0.5) is 0 Å². The molecule has 0 aliphatic heterocycles. The van der Waals surface area contributed by atoms with Crippen molar-refractivity contribution >= 4 is 22.6 Å². The first-order valence-electron chi connectivity index (χ1n) is 7.26. The van der Waals surface area contributed by atoms with Gasteiger partial charge in [0, 0.05) is 16.3 Å². The molecule has 108 valence electrons. The zero-order valence-electron chi connectivity index (χ0n) is 12.1. The van der Waals surface area contributed by atoms with Gasteiger partial charge in [0.2, 0.25) is 0 Å². The van der Waals surface area contributed by atoms with Crippen LogP contribution in [0.3, 0.4) is 0 Å². The minimum Gasteiger partial charge on any atom is -0.305 e. The summed E-state index contributed by atoms with van der Waals surface area (Å²) in [5.41, 5.74) is 2.55. The van der Waals surface area contributed by atoms with E-state index in [1.54, 1.807) is 0 Å². The Balaban J connectivity index is 2.31. The molecule has 0 saturated carbocycles. The molecule has 0 saturated heterocycles. The van der Waals surface area contributed by atoms with E-state index in [0.717, 1.165) is 25.9 Å². The van der Waals surface area contributed by atoms with Crippen molar-refractivity contribution < 1.29 is 0 Å². The molecule has 0 amide bonds. The Labute approximate surface area is 134 Å². The summed E-state index contributed by atoms with van der Waals surface area (Å²) in [5, 5.41) is 8.10. The van der Waals surface area contributed by atoms with Crippen LogP contribution < -0.4 is 5.32 Å². The number of halogens is 1. The maximum atomic E-state index is 4.45. The van der Waals surface area contributed by atoms with Crippen molar-refractivity contribution in [3.63, 3.8) is 0 Å². The van der Waals surface area contributed by atoms with Gasteiger partial charge >= 0.3 is 0 Å². The highest BCUT2D eigenvalue weighted by Gasteiger charge is 2.17. The number of nitrogens with one attached hydrogen (secondary N) is 1. The van der Waals surface area contributed by atoms with Gasteiger partial charge in [-0.25, -0.2) is 0 Å². The van der Waals surface area contributed by atoms with Crippen LogP contribution in [0.2, 0.25) is 0 Å². The van der Waals surface area contributed by atoms with Gasteiger partial charge in [0.25, 0.3) is 0 Å². The second-order valence-electron chi connectivity index (χ2n) is 4.92. The van der Waals surface area contributed by atoms with Crippen LogP contribution in [0.1, 0.15) is 44.0 Å². The Bertz CT molecular complexity index is 519. The molecular formula is C16H22IN3. The number of nitrogens with zero attached hydrogens (tertiary/aromatic N) is 2. The van der Waals surface area contributed by atoms with Gasteiger partial charge < -0.3 is 5.32 Å². The average Bonchev–Trinajstić information content (AvgIpc) is 2.90. The number of hydrogen-bond donors (Lipinski definition) is 1. The molecule has 2 aromatic rings. The summed E-state index contributed by atoms with van der Waals surface area (Å²) in [4.78, 5) is 0. The quantitative estimate of drug-likeness (QED) is 0.733. The first kappa shape index (κ1) is 15.5. The van der Waals surface area contributed by atoms with Gasteiger partial charge in [-0.15, -0.1) is 0 Å². The molecule has 0 spiro atoms. The molecule has 0 radical (unpaired) electrons. The fraction of sp³-hybridized carbons (Fsp3) is 0.438. The fourth-order valence-electron chi connectivity index (χ4n) is 2.32. The first-order chi connectivity index (χ1) is 9.76. The van der Waals surface area contributed by atoms with Crippen LogP contribution >= 0.6 is 22.6 Å². The molecule has 1 unspecified atom stereocenters. The first-order valence-corrected chi connectivity index (χ1v) is 8.34. The summed E-state index contributed by atoms with van der Waals surface area (Å²) in [6.45, 7) is 6.36. The summed E-state index contributed by atoms with van der Waals surface area (Å²) >= 11 is 2.34. The third kappa shape index (κ3) is 3.82. The van der Waals surface area contributed by atoms with E-state index in [4.69, 9.17) is 0 Å². The average molecular weight is 383 g/mol. The van der Waals surface area contributed by atoms with Crippen molar-refractivity contribution in [2.45, 2.75) is 39.3 Å². The summed E-state index contributed by atoms with van der Waals surface area (Å²) in [6, 6.07) is 11.1. The van der Waals surface area contributed by atoms with Crippen molar-refractivity contribution in [3.8, 4) is 0 Å². The molecule has 0 fully saturated rings. The number of aromatic nitrogens is 2. The van der Waals surface area contributed by atoms with Crippen molar-refractivity contribution in [1.82, 2.24) is 15.1 Å². The standard InChI is InChI=1S/C16H22IN3/c1-3-10-18-16(13-5-7-14(17)8-6-13)15-9-11-19-20(15)12-4-2/h5-9,11,16,18H,3-4,10,12H2,1-2H3. The minimum absolute atomic E-state index is 0.223. The Morgan fingerprint density at radius 1 is 1.15 bits per heavy atom. The lowest BCUT2D eigenvalue weighted by atomic mass is 10.0. The number of rotatable bonds is 7. The Morgan fingerprint density at radius 3 is 2.55 bits per heavy atom. The molecule has 0 bridgehead atoms. The van der Waals surface area contributed by atoms with Gasteiger partial charge in [-0.2, -0.15) is 5.10 Å². The van der Waals surface area contributed by atoms with Gasteiger partial charge in [-0.1, -0.05) is 26.0 Å².